The van der Waals surface area contributed by atoms with E-state index in [1.54, 1.807) is 0 Å². The highest BCUT2D eigenvalue weighted by atomic mass is 32.2. The van der Waals surface area contributed by atoms with Crippen molar-refractivity contribution >= 4 is 21.4 Å². The number of benzene rings is 2. The minimum atomic E-state index is -3.40. The fraction of sp³-hybridized carbons (Fsp3) is 0.478. The molecule has 1 N–H and O–H groups in total. The van der Waals surface area contributed by atoms with Crippen LogP contribution in [0.4, 0.5) is 11.4 Å². The molecule has 2 fully saturated rings. The summed E-state index contributed by atoms with van der Waals surface area (Å²) in [4.78, 5) is 2.56. The van der Waals surface area contributed by atoms with Crippen molar-refractivity contribution in [2.75, 3.05) is 35.6 Å². The van der Waals surface area contributed by atoms with Crippen LogP contribution in [0.1, 0.15) is 37.7 Å². The predicted octanol–water partition coefficient (Wildman–Crippen LogP) is 4.17. The van der Waals surface area contributed by atoms with Crippen LogP contribution in [0.15, 0.2) is 54.6 Å². The maximum atomic E-state index is 12.3. The molecule has 29 heavy (non-hydrogen) atoms. The Kier molecular flexibility index (Phi) is 5.83. The van der Waals surface area contributed by atoms with Gasteiger partial charge in [0.2, 0.25) is 10.0 Å². The highest BCUT2D eigenvalue weighted by Gasteiger charge is 2.43. The van der Waals surface area contributed by atoms with Gasteiger partial charge < -0.3 is 9.64 Å². The smallest absolute Gasteiger partial charge is 0.234 e. The monoisotopic (exact) mass is 414 g/mol. The van der Waals surface area contributed by atoms with E-state index in [2.05, 4.69) is 46.0 Å². The number of piperidine rings is 1. The number of ether oxygens (including phenoxy) is 1. The highest BCUT2D eigenvalue weighted by Crippen LogP contribution is 2.48. The molecule has 1 aliphatic heterocycles. The summed E-state index contributed by atoms with van der Waals surface area (Å²) in [5.74, 6) is -0.0347. The molecule has 1 heterocycles. The number of fused-ring (bicyclic) bond motifs is 2. The number of nitrogens with one attached hydrogen (secondary N) is 1. The lowest BCUT2D eigenvalue weighted by Crippen LogP contribution is -2.52. The third-order valence-corrected chi connectivity index (χ3v) is 7.73. The van der Waals surface area contributed by atoms with E-state index in [1.807, 2.05) is 18.2 Å². The van der Waals surface area contributed by atoms with Crippen LogP contribution in [0.5, 0.6) is 0 Å². The van der Waals surface area contributed by atoms with Gasteiger partial charge in [-0.25, -0.2) is 8.42 Å². The zero-order chi connectivity index (χ0) is 20.3. The summed E-state index contributed by atoms with van der Waals surface area (Å²) in [5, 5.41) is 0. The maximum Gasteiger partial charge on any atom is 0.234 e. The summed E-state index contributed by atoms with van der Waals surface area (Å²) < 4.78 is 32.2. The summed E-state index contributed by atoms with van der Waals surface area (Å²) in [6, 6.07) is 19.3. The first-order chi connectivity index (χ1) is 14.0. The van der Waals surface area contributed by atoms with E-state index in [0.717, 1.165) is 19.4 Å². The first-order valence-corrected chi connectivity index (χ1v) is 12.1. The van der Waals surface area contributed by atoms with Crippen molar-refractivity contribution in [2.45, 2.75) is 43.6 Å². The molecule has 2 aromatic rings. The zero-order valence-electron chi connectivity index (χ0n) is 17.0. The molecule has 2 unspecified atom stereocenters. The lowest BCUT2D eigenvalue weighted by molar-refractivity contribution is 0.206. The van der Waals surface area contributed by atoms with Gasteiger partial charge in [0.05, 0.1) is 12.4 Å². The Labute approximate surface area is 174 Å². The van der Waals surface area contributed by atoms with Gasteiger partial charge in [-0.05, 0) is 60.9 Å². The standard InChI is InChI=1S/C23H30N2O3S/c1-28-15-16-29(26,27)24-20-8-5-7-19(17-20)23-12-6-11-22(18-23)25(14-13-23)21-9-3-2-4-10-21/h2-5,7-10,17,22,24H,6,11-16,18H2,1H3. The molecule has 2 aliphatic rings. The molecule has 0 spiro atoms. The molecule has 2 atom stereocenters. The first kappa shape index (κ1) is 20.2. The maximum absolute atomic E-state index is 12.3. The molecule has 2 bridgehead atoms. The van der Waals surface area contributed by atoms with E-state index in [4.69, 9.17) is 4.74 Å². The molecule has 5 nitrogen and oxygen atoms in total. The molecule has 1 saturated carbocycles. The van der Waals surface area contributed by atoms with E-state index in [1.165, 1.54) is 37.6 Å². The van der Waals surface area contributed by atoms with Crippen molar-refractivity contribution in [1.29, 1.82) is 0 Å². The number of methoxy groups -OCH3 is 1. The third kappa shape index (κ3) is 4.43. The molecule has 0 amide bonds. The van der Waals surface area contributed by atoms with Crippen molar-refractivity contribution in [2.24, 2.45) is 0 Å². The number of nitrogens with zero attached hydrogens (tertiary/aromatic N) is 1. The Bertz CT molecular complexity index is 932. The molecule has 1 saturated heterocycles. The molecule has 1 aliphatic carbocycles. The fourth-order valence-corrected chi connectivity index (χ4v) is 6.02. The van der Waals surface area contributed by atoms with Crippen LogP contribution >= 0.6 is 0 Å². The van der Waals surface area contributed by atoms with Crippen LogP contribution in [0.2, 0.25) is 0 Å². The Morgan fingerprint density at radius 1 is 1.14 bits per heavy atom. The van der Waals surface area contributed by atoms with Crippen LogP contribution in [0, 0.1) is 0 Å². The van der Waals surface area contributed by atoms with Gasteiger partial charge in [0.1, 0.15) is 0 Å². The number of hydrogen-bond donors (Lipinski definition) is 1. The quantitative estimate of drug-likeness (QED) is 0.739. The fourth-order valence-electron chi connectivity index (χ4n) is 5.04. The highest BCUT2D eigenvalue weighted by molar-refractivity contribution is 7.92. The molecule has 4 rings (SSSR count). The molecule has 6 heteroatoms. The number of hydrogen-bond acceptors (Lipinski definition) is 4. The van der Waals surface area contributed by atoms with Gasteiger partial charge >= 0.3 is 0 Å². The summed E-state index contributed by atoms with van der Waals surface area (Å²) in [6.07, 6.45) is 5.82. The predicted molar refractivity (Wildman–Crippen MR) is 118 cm³/mol. The number of sulfonamides is 1. The number of rotatable bonds is 7. The van der Waals surface area contributed by atoms with Gasteiger partial charge in [-0.15, -0.1) is 0 Å². The van der Waals surface area contributed by atoms with Crippen molar-refractivity contribution in [3.8, 4) is 0 Å². The van der Waals surface area contributed by atoms with Gasteiger partial charge in [0, 0.05) is 31.1 Å². The van der Waals surface area contributed by atoms with E-state index < -0.39 is 10.0 Å². The van der Waals surface area contributed by atoms with Gasteiger partial charge in [-0.2, -0.15) is 0 Å². The zero-order valence-corrected chi connectivity index (χ0v) is 17.8. The average molecular weight is 415 g/mol. The molecule has 2 aromatic carbocycles. The Morgan fingerprint density at radius 3 is 2.76 bits per heavy atom. The number of anilines is 2. The second-order valence-electron chi connectivity index (χ2n) is 8.30. The van der Waals surface area contributed by atoms with E-state index in [9.17, 15) is 8.42 Å². The van der Waals surface area contributed by atoms with E-state index in [-0.39, 0.29) is 17.8 Å². The molecule has 156 valence electrons. The topological polar surface area (TPSA) is 58.6 Å². The Hall–Kier alpha value is -2.05. The molecular formula is C23H30N2O3S. The average Bonchev–Trinajstić information content (AvgIpc) is 2.73. The van der Waals surface area contributed by atoms with Gasteiger partial charge in [-0.3, -0.25) is 4.72 Å². The summed E-state index contributed by atoms with van der Waals surface area (Å²) in [6.45, 7) is 1.23. The van der Waals surface area contributed by atoms with Crippen molar-refractivity contribution < 1.29 is 13.2 Å². The SMILES string of the molecule is COCCS(=O)(=O)Nc1cccc(C23CCCC(C2)N(c2ccccc2)CC3)c1. The molecular weight excluding hydrogens is 384 g/mol. The van der Waals surface area contributed by atoms with Crippen molar-refractivity contribution in [3.63, 3.8) is 0 Å². The van der Waals surface area contributed by atoms with Crippen molar-refractivity contribution in [1.82, 2.24) is 0 Å². The summed E-state index contributed by atoms with van der Waals surface area (Å²) in [7, 11) is -1.89. The lowest BCUT2D eigenvalue weighted by Gasteiger charge is -2.51. The number of para-hydroxylation sites is 1. The van der Waals surface area contributed by atoms with Crippen LogP contribution in [-0.4, -0.2) is 40.5 Å². The van der Waals surface area contributed by atoms with Gasteiger partial charge in [-0.1, -0.05) is 36.8 Å². The van der Waals surface area contributed by atoms with Crippen LogP contribution < -0.4 is 9.62 Å². The Morgan fingerprint density at radius 2 is 1.97 bits per heavy atom. The lowest BCUT2D eigenvalue weighted by atomic mass is 9.63. The summed E-state index contributed by atoms with van der Waals surface area (Å²) in [5.41, 5.74) is 3.37. The Balaban J connectivity index is 1.54. The van der Waals surface area contributed by atoms with E-state index in [0.29, 0.717) is 11.7 Å². The normalized spacial score (nSPS) is 24.3. The summed E-state index contributed by atoms with van der Waals surface area (Å²) >= 11 is 0. The molecule has 0 aromatic heterocycles. The largest absolute Gasteiger partial charge is 0.384 e. The molecule has 0 radical (unpaired) electrons. The second-order valence-corrected chi connectivity index (χ2v) is 10.1. The van der Waals surface area contributed by atoms with E-state index >= 15 is 0 Å². The minimum absolute atomic E-state index is 0.0347. The van der Waals surface area contributed by atoms with Gasteiger partial charge in [0.15, 0.2) is 0 Å². The first-order valence-electron chi connectivity index (χ1n) is 10.4. The minimum Gasteiger partial charge on any atom is -0.384 e. The third-order valence-electron chi connectivity index (χ3n) is 6.48. The van der Waals surface area contributed by atoms with Crippen LogP contribution in [0.25, 0.3) is 0 Å². The van der Waals surface area contributed by atoms with Crippen molar-refractivity contribution in [3.05, 3.63) is 60.2 Å². The van der Waals surface area contributed by atoms with Gasteiger partial charge in [0.25, 0.3) is 0 Å². The second kappa shape index (κ2) is 8.36. The van der Waals surface area contributed by atoms with Crippen LogP contribution in [-0.2, 0) is 20.2 Å². The van der Waals surface area contributed by atoms with Crippen LogP contribution in [0.3, 0.4) is 0 Å².